The van der Waals surface area contributed by atoms with Crippen molar-refractivity contribution in [2.45, 2.75) is 6.42 Å². The highest BCUT2D eigenvalue weighted by molar-refractivity contribution is 5.79. The number of hydrogen-bond donors (Lipinski definition) is 0. The maximum absolute atomic E-state index is 12.6. The number of carbonyl (C=O) groups excluding carboxylic acids is 1. The number of non-ortho nitro benzene ring substituents is 1. The first-order chi connectivity index (χ1) is 14.6. The molecule has 1 aromatic heterocycles. The molecule has 1 saturated heterocycles. The van der Waals surface area contributed by atoms with Gasteiger partial charge in [0, 0.05) is 50.1 Å². The molecule has 0 radical (unpaired) electrons. The molecule has 3 aromatic rings. The summed E-state index contributed by atoms with van der Waals surface area (Å²) in [5.41, 5.74) is 1.77. The molecular formula is C22H21N5O3. The van der Waals surface area contributed by atoms with Crippen LogP contribution in [-0.4, -0.2) is 51.9 Å². The molecule has 8 nitrogen and oxygen atoms in total. The van der Waals surface area contributed by atoms with E-state index in [0.717, 1.165) is 16.9 Å². The lowest BCUT2D eigenvalue weighted by Crippen LogP contribution is -2.49. The number of nitro benzene ring substituents is 1. The Morgan fingerprint density at radius 3 is 2.33 bits per heavy atom. The van der Waals surface area contributed by atoms with Crippen LogP contribution in [0.1, 0.15) is 5.56 Å². The Balaban J connectivity index is 1.36. The van der Waals surface area contributed by atoms with E-state index in [1.165, 1.54) is 12.1 Å². The molecule has 4 rings (SSSR count). The number of hydrogen-bond acceptors (Lipinski definition) is 6. The van der Waals surface area contributed by atoms with Crippen molar-refractivity contribution in [1.29, 1.82) is 0 Å². The minimum Gasteiger partial charge on any atom is -0.353 e. The zero-order valence-corrected chi connectivity index (χ0v) is 16.3. The van der Waals surface area contributed by atoms with Gasteiger partial charge in [-0.2, -0.15) is 0 Å². The van der Waals surface area contributed by atoms with Crippen LogP contribution in [0.5, 0.6) is 0 Å². The lowest BCUT2D eigenvalue weighted by atomic mass is 10.1. The van der Waals surface area contributed by atoms with Crippen LogP contribution in [0.2, 0.25) is 0 Å². The largest absolute Gasteiger partial charge is 0.353 e. The first-order valence-electron chi connectivity index (χ1n) is 9.75. The van der Waals surface area contributed by atoms with E-state index in [1.54, 1.807) is 18.3 Å². The van der Waals surface area contributed by atoms with Gasteiger partial charge >= 0.3 is 0 Å². The van der Waals surface area contributed by atoms with Crippen molar-refractivity contribution in [3.8, 4) is 11.4 Å². The zero-order valence-electron chi connectivity index (χ0n) is 16.3. The molecular weight excluding hydrogens is 382 g/mol. The Labute approximate surface area is 174 Å². The Hall–Kier alpha value is -3.81. The summed E-state index contributed by atoms with van der Waals surface area (Å²) >= 11 is 0. The molecule has 30 heavy (non-hydrogen) atoms. The molecule has 0 atom stereocenters. The van der Waals surface area contributed by atoms with Gasteiger partial charge in [-0.05, 0) is 11.6 Å². The number of rotatable bonds is 5. The topological polar surface area (TPSA) is 92.5 Å². The fourth-order valence-corrected chi connectivity index (χ4v) is 3.46. The van der Waals surface area contributed by atoms with Gasteiger partial charge in [0.2, 0.25) is 5.91 Å². The number of piperazine rings is 1. The quantitative estimate of drug-likeness (QED) is 0.480. The van der Waals surface area contributed by atoms with E-state index in [4.69, 9.17) is 0 Å². The highest BCUT2D eigenvalue weighted by atomic mass is 16.6. The van der Waals surface area contributed by atoms with Gasteiger partial charge < -0.3 is 9.80 Å². The van der Waals surface area contributed by atoms with E-state index < -0.39 is 4.92 Å². The van der Waals surface area contributed by atoms with Gasteiger partial charge in [0.15, 0.2) is 5.82 Å². The maximum atomic E-state index is 12.6. The van der Waals surface area contributed by atoms with Gasteiger partial charge in [0.25, 0.3) is 5.69 Å². The fourth-order valence-electron chi connectivity index (χ4n) is 3.46. The average molecular weight is 403 g/mol. The van der Waals surface area contributed by atoms with E-state index in [-0.39, 0.29) is 18.0 Å². The first-order valence-corrected chi connectivity index (χ1v) is 9.75. The molecule has 1 aliphatic rings. The van der Waals surface area contributed by atoms with Crippen LogP contribution in [-0.2, 0) is 11.2 Å². The third-order valence-electron chi connectivity index (χ3n) is 5.13. The number of nitro groups is 1. The molecule has 0 bridgehead atoms. The number of aromatic nitrogens is 2. The van der Waals surface area contributed by atoms with Crippen molar-refractivity contribution >= 4 is 17.4 Å². The molecule has 2 heterocycles. The van der Waals surface area contributed by atoms with Crippen LogP contribution < -0.4 is 4.90 Å². The van der Waals surface area contributed by atoms with E-state index in [0.29, 0.717) is 32.0 Å². The van der Waals surface area contributed by atoms with Crippen LogP contribution in [0, 0.1) is 10.1 Å². The van der Waals surface area contributed by atoms with Gasteiger partial charge in [-0.15, -0.1) is 0 Å². The number of carbonyl (C=O) groups is 1. The highest BCUT2D eigenvalue weighted by Crippen LogP contribution is 2.20. The molecule has 1 aliphatic heterocycles. The molecule has 1 amide bonds. The maximum Gasteiger partial charge on any atom is 0.269 e. The standard InChI is InChI=1S/C22H21N5O3/c28-21(16-17-6-8-19(9-7-17)27(29)30)26-14-12-25(13-15-26)20-10-11-23-22(24-20)18-4-2-1-3-5-18/h1-11H,12-16H2. The van der Waals surface area contributed by atoms with E-state index in [1.807, 2.05) is 41.3 Å². The Bertz CT molecular complexity index is 1030. The second-order valence-electron chi connectivity index (χ2n) is 7.07. The molecule has 0 aliphatic carbocycles. The van der Waals surface area contributed by atoms with E-state index >= 15 is 0 Å². The Kier molecular flexibility index (Phi) is 5.65. The zero-order chi connectivity index (χ0) is 20.9. The predicted octanol–water partition coefficient (Wildman–Crippen LogP) is 2.94. The SMILES string of the molecule is O=C(Cc1ccc([N+](=O)[O-])cc1)N1CCN(c2ccnc(-c3ccccc3)n2)CC1. The second kappa shape index (κ2) is 8.69. The third kappa shape index (κ3) is 4.43. The van der Waals surface area contributed by atoms with Gasteiger partial charge in [0.05, 0.1) is 11.3 Å². The van der Waals surface area contributed by atoms with Crippen molar-refractivity contribution in [3.63, 3.8) is 0 Å². The molecule has 0 N–H and O–H groups in total. The molecule has 8 heteroatoms. The molecule has 0 saturated carbocycles. The summed E-state index contributed by atoms with van der Waals surface area (Å²) in [6.07, 6.45) is 2.00. The average Bonchev–Trinajstić information content (AvgIpc) is 2.80. The number of amides is 1. The number of benzene rings is 2. The van der Waals surface area contributed by atoms with Crippen molar-refractivity contribution in [1.82, 2.24) is 14.9 Å². The monoisotopic (exact) mass is 403 g/mol. The fraction of sp³-hybridized carbons (Fsp3) is 0.227. The van der Waals surface area contributed by atoms with Crippen molar-refractivity contribution in [2.75, 3.05) is 31.1 Å². The van der Waals surface area contributed by atoms with Gasteiger partial charge in [0.1, 0.15) is 5.82 Å². The summed E-state index contributed by atoms with van der Waals surface area (Å²) in [6.45, 7) is 2.60. The molecule has 0 spiro atoms. The summed E-state index contributed by atoms with van der Waals surface area (Å²) in [7, 11) is 0. The first kappa shape index (κ1) is 19.5. The third-order valence-corrected chi connectivity index (χ3v) is 5.13. The van der Waals surface area contributed by atoms with Crippen LogP contribution in [0.25, 0.3) is 11.4 Å². The minimum atomic E-state index is -0.443. The van der Waals surface area contributed by atoms with Crippen molar-refractivity contribution in [3.05, 3.63) is 82.5 Å². The lowest BCUT2D eigenvalue weighted by molar-refractivity contribution is -0.384. The molecule has 152 valence electrons. The minimum absolute atomic E-state index is 0.0242. The van der Waals surface area contributed by atoms with Gasteiger partial charge in [-0.1, -0.05) is 42.5 Å². The van der Waals surface area contributed by atoms with Gasteiger partial charge in [-0.3, -0.25) is 14.9 Å². The number of anilines is 1. The van der Waals surface area contributed by atoms with Crippen LogP contribution in [0.3, 0.4) is 0 Å². The van der Waals surface area contributed by atoms with E-state index in [9.17, 15) is 14.9 Å². The van der Waals surface area contributed by atoms with Gasteiger partial charge in [-0.25, -0.2) is 9.97 Å². The summed E-state index contributed by atoms with van der Waals surface area (Å²) in [5, 5.41) is 10.7. The van der Waals surface area contributed by atoms with Crippen molar-refractivity contribution < 1.29 is 9.72 Å². The normalized spacial score (nSPS) is 13.9. The molecule has 0 unspecified atom stereocenters. The van der Waals surface area contributed by atoms with Crippen LogP contribution in [0.4, 0.5) is 11.5 Å². The predicted molar refractivity (Wildman–Crippen MR) is 113 cm³/mol. The summed E-state index contributed by atoms with van der Waals surface area (Å²) in [6, 6.07) is 17.9. The lowest BCUT2D eigenvalue weighted by Gasteiger charge is -2.35. The molecule has 1 fully saturated rings. The highest BCUT2D eigenvalue weighted by Gasteiger charge is 2.22. The summed E-state index contributed by atoms with van der Waals surface area (Å²) in [4.78, 5) is 36.0. The van der Waals surface area contributed by atoms with E-state index in [2.05, 4.69) is 14.9 Å². The van der Waals surface area contributed by atoms with Crippen LogP contribution >= 0.6 is 0 Å². The Morgan fingerprint density at radius 2 is 1.67 bits per heavy atom. The molecule has 2 aromatic carbocycles. The van der Waals surface area contributed by atoms with Crippen molar-refractivity contribution in [2.24, 2.45) is 0 Å². The second-order valence-corrected chi connectivity index (χ2v) is 7.07. The number of nitrogens with zero attached hydrogens (tertiary/aromatic N) is 5. The summed E-state index contributed by atoms with van der Waals surface area (Å²) < 4.78 is 0. The summed E-state index contributed by atoms with van der Waals surface area (Å²) in [5.74, 6) is 1.56. The Morgan fingerprint density at radius 1 is 0.967 bits per heavy atom. The van der Waals surface area contributed by atoms with Crippen LogP contribution in [0.15, 0.2) is 66.9 Å². The smallest absolute Gasteiger partial charge is 0.269 e.